The Labute approximate surface area is 210 Å². The van der Waals surface area contributed by atoms with Crippen LogP contribution in [0.2, 0.25) is 0 Å². The molecule has 0 aliphatic heterocycles. The first-order valence-corrected chi connectivity index (χ1v) is 12.3. The van der Waals surface area contributed by atoms with Crippen molar-refractivity contribution < 1.29 is 18.8 Å². The summed E-state index contributed by atoms with van der Waals surface area (Å²) in [5.74, 6) is -1.71. The Morgan fingerprint density at radius 3 is 2.19 bits per heavy atom. The van der Waals surface area contributed by atoms with Crippen LogP contribution < -0.4 is 16.0 Å². The third-order valence-corrected chi connectivity index (χ3v) is 6.41. The number of hydrogen-bond acceptors (Lipinski definition) is 3. The van der Waals surface area contributed by atoms with Gasteiger partial charge in [0.1, 0.15) is 11.9 Å². The van der Waals surface area contributed by atoms with Crippen LogP contribution in [0, 0.1) is 11.7 Å². The van der Waals surface area contributed by atoms with E-state index >= 15 is 0 Å². The molecule has 3 aromatic carbocycles. The highest BCUT2D eigenvalue weighted by Gasteiger charge is 2.24. The minimum atomic E-state index is -0.870. The molecule has 1 saturated carbocycles. The maximum Gasteiger partial charge on any atom is 0.251 e. The van der Waals surface area contributed by atoms with Gasteiger partial charge >= 0.3 is 0 Å². The fourth-order valence-corrected chi connectivity index (χ4v) is 4.42. The average molecular weight is 488 g/mol. The van der Waals surface area contributed by atoms with E-state index in [4.69, 9.17) is 0 Å². The normalized spacial score (nSPS) is 14.5. The lowest BCUT2D eigenvalue weighted by molar-refractivity contribution is -0.120. The lowest BCUT2D eigenvalue weighted by atomic mass is 9.88. The van der Waals surface area contributed by atoms with Crippen LogP contribution in [-0.4, -0.2) is 23.8 Å². The van der Waals surface area contributed by atoms with Crippen LogP contribution in [0.15, 0.2) is 78.9 Å². The van der Waals surface area contributed by atoms with Gasteiger partial charge in [-0.15, -0.1) is 0 Å². The number of hydrogen-bond donors (Lipinski definition) is 3. The van der Waals surface area contributed by atoms with E-state index in [0.717, 1.165) is 37.7 Å². The van der Waals surface area contributed by atoms with Gasteiger partial charge in [0.25, 0.3) is 5.91 Å². The van der Waals surface area contributed by atoms with Crippen LogP contribution in [0.5, 0.6) is 0 Å². The van der Waals surface area contributed by atoms with Crippen LogP contribution in [0.4, 0.5) is 15.8 Å². The minimum Gasteiger partial charge on any atom is -0.340 e. The Kier molecular flexibility index (Phi) is 8.44. The van der Waals surface area contributed by atoms with Crippen molar-refractivity contribution in [3.63, 3.8) is 0 Å². The molecule has 186 valence electrons. The lowest BCUT2D eigenvalue weighted by Gasteiger charge is -2.21. The Morgan fingerprint density at radius 2 is 1.50 bits per heavy atom. The molecule has 1 aliphatic carbocycles. The summed E-state index contributed by atoms with van der Waals surface area (Å²) in [5.41, 5.74) is 1.67. The van der Waals surface area contributed by atoms with E-state index in [1.165, 1.54) is 18.2 Å². The second kappa shape index (κ2) is 12.1. The molecule has 0 aromatic heterocycles. The van der Waals surface area contributed by atoms with Crippen molar-refractivity contribution in [2.45, 2.75) is 44.6 Å². The summed E-state index contributed by atoms with van der Waals surface area (Å²) in [6, 6.07) is 21.2. The number of rotatable bonds is 8. The van der Waals surface area contributed by atoms with Gasteiger partial charge in [-0.05, 0) is 48.7 Å². The van der Waals surface area contributed by atoms with Gasteiger partial charge in [0.05, 0.1) is 5.69 Å². The van der Waals surface area contributed by atoms with Crippen LogP contribution in [0.1, 0.15) is 48.0 Å². The van der Waals surface area contributed by atoms with Gasteiger partial charge in [-0.3, -0.25) is 14.4 Å². The molecule has 1 unspecified atom stereocenters. The van der Waals surface area contributed by atoms with Gasteiger partial charge in [-0.2, -0.15) is 0 Å². The van der Waals surface area contributed by atoms with Crippen LogP contribution in [0.25, 0.3) is 0 Å². The van der Waals surface area contributed by atoms with Crippen molar-refractivity contribution in [3.05, 3.63) is 95.8 Å². The molecule has 3 N–H and O–H groups in total. The zero-order chi connectivity index (χ0) is 25.3. The van der Waals surface area contributed by atoms with Crippen molar-refractivity contribution in [3.8, 4) is 0 Å². The minimum absolute atomic E-state index is 0.0244. The van der Waals surface area contributed by atoms with Crippen LogP contribution >= 0.6 is 0 Å². The van der Waals surface area contributed by atoms with Gasteiger partial charge in [-0.1, -0.05) is 67.8 Å². The highest BCUT2D eigenvalue weighted by atomic mass is 19.1. The average Bonchev–Trinajstić information content (AvgIpc) is 2.91. The predicted molar refractivity (Wildman–Crippen MR) is 138 cm³/mol. The summed E-state index contributed by atoms with van der Waals surface area (Å²) in [6.45, 7) is 0. The fraction of sp³-hybridized carbons (Fsp3) is 0.276. The summed E-state index contributed by atoms with van der Waals surface area (Å²) in [6.07, 6.45) is 4.98. The number of nitrogens with one attached hydrogen (secondary N) is 3. The summed E-state index contributed by atoms with van der Waals surface area (Å²) in [4.78, 5) is 38.6. The van der Waals surface area contributed by atoms with E-state index in [9.17, 15) is 18.8 Å². The second-order valence-corrected chi connectivity index (χ2v) is 9.09. The Balaban J connectivity index is 1.48. The third kappa shape index (κ3) is 6.78. The smallest absolute Gasteiger partial charge is 0.251 e. The Morgan fingerprint density at radius 1 is 0.833 bits per heavy atom. The molecule has 3 aromatic rings. The molecule has 1 fully saturated rings. The van der Waals surface area contributed by atoms with E-state index in [-0.39, 0.29) is 29.8 Å². The van der Waals surface area contributed by atoms with Crippen molar-refractivity contribution in [1.29, 1.82) is 0 Å². The molecule has 0 radical (unpaired) electrons. The predicted octanol–water partition coefficient (Wildman–Crippen LogP) is 5.32. The molecular weight excluding hydrogens is 457 g/mol. The summed E-state index contributed by atoms with van der Waals surface area (Å²) in [7, 11) is 0. The molecule has 3 amide bonds. The van der Waals surface area contributed by atoms with Crippen molar-refractivity contribution in [2.75, 3.05) is 10.6 Å². The molecule has 1 aliphatic rings. The lowest BCUT2D eigenvalue weighted by Crippen LogP contribution is -2.45. The van der Waals surface area contributed by atoms with Gasteiger partial charge in [0, 0.05) is 23.6 Å². The Bertz CT molecular complexity index is 1190. The summed E-state index contributed by atoms with van der Waals surface area (Å²) >= 11 is 0. The zero-order valence-corrected chi connectivity index (χ0v) is 20.0. The SMILES string of the molecule is O=C(NC(Cc1ccccc1)C(=O)Nc1ccc(F)c(NC(=O)C2CCCCC2)c1)c1ccccc1. The molecular formula is C29H30FN3O3. The maximum atomic E-state index is 14.5. The maximum absolute atomic E-state index is 14.5. The summed E-state index contributed by atoms with van der Waals surface area (Å²) in [5, 5.41) is 8.26. The van der Waals surface area contributed by atoms with Crippen molar-refractivity contribution in [1.82, 2.24) is 5.32 Å². The van der Waals surface area contributed by atoms with Gasteiger partial charge in [-0.25, -0.2) is 4.39 Å². The standard InChI is InChI=1S/C29H30FN3O3/c30-24-17-16-23(19-25(24)32-27(34)21-12-6-2-7-13-21)31-29(36)26(18-20-10-4-1-5-11-20)33-28(35)22-14-8-3-9-15-22/h1,3-5,8-11,14-17,19,21,26H,2,6-7,12-13,18H2,(H,31,36)(H,32,34)(H,33,35). The number of amides is 3. The highest BCUT2D eigenvalue weighted by Crippen LogP contribution is 2.26. The van der Waals surface area contributed by atoms with Crippen molar-refractivity contribution in [2.24, 2.45) is 5.92 Å². The highest BCUT2D eigenvalue weighted by molar-refractivity contribution is 6.01. The van der Waals surface area contributed by atoms with E-state index in [1.807, 2.05) is 36.4 Å². The van der Waals surface area contributed by atoms with Crippen molar-refractivity contribution >= 4 is 29.1 Å². The molecule has 7 heteroatoms. The van der Waals surface area contributed by atoms with E-state index in [0.29, 0.717) is 11.3 Å². The van der Waals surface area contributed by atoms with Gasteiger partial charge in [0.15, 0.2) is 0 Å². The fourth-order valence-electron chi connectivity index (χ4n) is 4.42. The zero-order valence-electron chi connectivity index (χ0n) is 20.0. The molecule has 0 spiro atoms. The van der Waals surface area contributed by atoms with E-state index < -0.39 is 17.8 Å². The second-order valence-electron chi connectivity index (χ2n) is 9.09. The topological polar surface area (TPSA) is 87.3 Å². The van der Waals surface area contributed by atoms with E-state index in [1.54, 1.807) is 24.3 Å². The first-order chi connectivity index (χ1) is 17.5. The molecule has 0 bridgehead atoms. The molecule has 1 atom stereocenters. The Hall–Kier alpha value is -4.00. The number of carbonyl (C=O) groups excluding carboxylic acids is 3. The summed E-state index contributed by atoms with van der Waals surface area (Å²) < 4.78 is 14.5. The third-order valence-electron chi connectivity index (χ3n) is 6.41. The first kappa shape index (κ1) is 25.1. The van der Waals surface area contributed by atoms with Crippen LogP contribution in [0.3, 0.4) is 0 Å². The number of halogens is 1. The molecule has 4 rings (SSSR count). The molecule has 36 heavy (non-hydrogen) atoms. The van der Waals surface area contributed by atoms with Crippen LogP contribution in [-0.2, 0) is 16.0 Å². The van der Waals surface area contributed by atoms with Gasteiger partial charge in [0.2, 0.25) is 11.8 Å². The quantitative estimate of drug-likeness (QED) is 0.402. The molecule has 6 nitrogen and oxygen atoms in total. The number of benzene rings is 3. The monoisotopic (exact) mass is 487 g/mol. The largest absolute Gasteiger partial charge is 0.340 e. The first-order valence-electron chi connectivity index (χ1n) is 12.3. The number of carbonyl (C=O) groups is 3. The molecule has 0 saturated heterocycles. The van der Waals surface area contributed by atoms with E-state index in [2.05, 4.69) is 16.0 Å². The van der Waals surface area contributed by atoms with Gasteiger partial charge < -0.3 is 16.0 Å². The number of anilines is 2. The molecule has 0 heterocycles.